The molecule has 0 aromatic heterocycles. The van der Waals surface area contributed by atoms with Crippen LogP contribution in [0, 0.1) is 0 Å². The first kappa shape index (κ1) is 31.7. The molecule has 0 saturated carbocycles. The van der Waals surface area contributed by atoms with Crippen molar-refractivity contribution in [3.05, 3.63) is 253 Å². The summed E-state index contributed by atoms with van der Waals surface area (Å²) in [5.41, 5.74) is 17.4. The fraction of sp³-hybridized carbons (Fsp3) is 0.0857. The molecule has 0 atom stereocenters. The molecule has 12 aromatic carbocycles. The van der Waals surface area contributed by atoms with Gasteiger partial charge in [0.05, 0.1) is 13.7 Å². The van der Waals surface area contributed by atoms with Crippen molar-refractivity contribution in [3.63, 3.8) is 0 Å². The molecule has 0 saturated heterocycles. The number of rotatable bonds is 6. The summed E-state index contributed by atoms with van der Waals surface area (Å²) in [6.07, 6.45) is 0. The Bertz CT molecular complexity index is 4360. The van der Waals surface area contributed by atoms with Crippen molar-refractivity contribution in [2.45, 2.75) is 38.5 Å². The average Bonchev–Trinajstić information content (AvgIpc) is 3.99. The second kappa shape index (κ2) is 15.1. The molecule has 2 aliphatic carbocycles. The lowest BCUT2D eigenvalue weighted by atomic mass is 9.79. The smallest absolute Gasteiger partial charge is 0.0622 e. The summed E-state index contributed by atoms with van der Waals surface area (Å²) < 4.78 is 89.0. The molecule has 0 spiro atoms. The van der Waals surface area contributed by atoms with Gasteiger partial charge in [0, 0.05) is 10.8 Å². The van der Waals surface area contributed by atoms with Crippen molar-refractivity contribution >= 4 is 32.3 Å². The molecule has 0 bridgehead atoms. The van der Waals surface area contributed by atoms with Gasteiger partial charge in [-0.3, -0.25) is 0 Å². The van der Waals surface area contributed by atoms with Crippen LogP contribution in [-0.4, -0.2) is 0 Å². The number of benzene rings is 12. The van der Waals surface area contributed by atoms with E-state index in [0.717, 1.165) is 76.8 Å². The Hall–Kier alpha value is -8.32. The van der Waals surface area contributed by atoms with Crippen LogP contribution in [0.25, 0.3) is 121 Å². The van der Waals surface area contributed by atoms with Gasteiger partial charge >= 0.3 is 0 Å². The van der Waals surface area contributed by atoms with Crippen LogP contribution in [-0.2, 0) is 10.8 Å². The van der Waals surface area contributed by atoms with Crippen LogP contribution in [0.5, 0.6) is 0 Å². The summed E-state index contributed by atoms with van der Waals surface area (Å²) >= 11 is 0. The Morgan fingerprint density at radius 1 is 0.257 bits per heavy atom. The molecule has 0 aliphatic heterocycles. The summed E-state index contributed by atoms with van der Waals surface area (Å²) in [4.78, 5) is 0. The van der Waals surface area contributed by atoms with E-state index < -0.39 is 36.3 Å². The number of fused-ring (bicyclic) bond motifs is 6. The van der Waals surface area contributed by atoms with Gasteiger partial charge < -0.3 is 0 Å². The second-order valence-corrected chi connectivity index (χ2v) is 20.0. The van der Waals surface area contributed by atoms with Crippen molar-refractivity contribution in [1.82, 2.24) is 0 Å². The van der Waals surface area contributed by atoms with Crippen LogP contribution in [0.4, 0.5) is 0 Å². The highest BCUT2D eigenvalue weighted by Gasteiger charge is 2.37. The van der Waals surface area contributed by atoms with Gasteiger partial charge in [-0.05, 0) is 168 Å². The van der Waals surface area contributed by atoms with E-state index in [-0.39, 0.29) is 46.1 Å². The zero-order chi connectivity index (χ0) is 55.6. The van der Waals surface area contributed by atoms with E-state index in [2.05, 4.69) is 149 Å². The molecule has 0 nitrogen and oxygen atoms in total. The highest BCUT2D eigenvalue weighted by Crippen LogP contribution is 2.55. The summed E-state index contributed by atoms with van der Waals surface area (Å²) in [5.74, 6) is 0. The first-order chi connectivity index (χ1) is 38.4. The van der Waals surface area contributed by atoms with Gasteiger partial charge in [-0.2, -0.15) is 0 Å². The molecule has 0 N–H and O–H groups in total. The molecule has 2 aliphatic rings. The van der Waals surface area contributed by atoms with Gasteiger partial charge in [-0.1, -0.05) is 234 Å². The largest absolute Gasteiger partial charge is 0.0629 e. The molecule has 0 amide bonds. The van der Waals surface area contributed by atoms with Crippen molar-refractivity contribution in [2.75, 3.05) is 0 Å². The van der Waals surface area contributed by atoms with Crippen LogP contribution in [0.3, 0.4) is 0 Å². The van der Waals surface area contributed by atoms with Gasteiger partial charge in [0.2, 0.25) is 0 Å². The Kier molecular flexibility index (Phi) is 6.83. The lowest BCUT2D eigenvalue weighted by Gasteiger charge is -2.24. The third-order valence-corrected chi connectivity index (χ3v) is 15.7. The van der Waals surface area contributed by atoms with Crippen LogP contribution < -0.4 is 0 Å². The fourth-order valence-electron chi connectivity index (χ4n) is 12.3. The predicted octanol–water partition coefficient (Wildman–Crippen LogP) is 19.2. The molecule has 0 heterocycles. The normalized spacial score (nSPS) is 15.9. The van der Waals surface area contributed by atoms with Gasteiger partial charge in [0.1, 0.15) is 0 Å². The zero-order valence-electron chi connectivity index (χ0n) is 49.2. The van der Waals surface area contributed by atoms with E-state index in [0.29, 0.717) is 22.3 Å². The Labute approximate surface area is 424 Å². The third-order valence-electron chi connectivity index (χ3n) is 15.7. The van der Waals surface area contributed by atoms with E-state index in [4.69, 9.17) is 8.22 Å². The maximum Gasteiger partial charge on any atom is 0.0629 e. The molecular weight excluding hydrogens is 841 g/mol. The van der Waals surface area contributed by atoms with Gasteiger partial charge in [0.25, 0.3) is 0 Å². The Morgan fingerprint density at radius 3 is 0.986 bits per heavy atom. The van der Waals surface area contributed by atoms with E-state index in [9.17, 15) is 5.48 Å². The monoisotopic (exact) mass is 900 g/mol. The van der Waals surface area contributed by atoms with E-state index in [1.165, 1.54) is 33.4 Å². The highest BCUT2D eigenvalue weighted by atomic mass is 14.4. The molecule has 14 rings (SSSR count). The SMILES string of the molecule is [2H]c1c([2H])c([2H])c(-c2ccccc2-c2cc(-c3ccc4c(c3)-c3ccccc3C4(C)C)c3ccc4c(-c5ccccc5-c5c([2H])c([2H])c([2H])c([2H])c5[2H])cc(-c5ccc6c(c5)-c5ccccc5C6(C)C)c5ccc2c3c54)c([2H])c1[2H]. The third kappa shape index (κ3) is 5.83. The standard InChI is InChI=1S/C70H50/c1-69(2)63-29-17-15-27-51(63)61-39-45(31-37-65(61)69)57-41-59(49-25-13-11-23-47(49)43-19-7-5-8-20-43)55-36-34-54-58(46-32-38-66-62(40-46)52-28-16-18-30-64(52)70(66,3)4)42-60(56-35-33-53(57)67(55)68(54)56)50-26-14-12-24-48(50)44-21-9-6-10-22-44/h5-42H,1-4H3/i5D,6D,7D,8D,9D,10D,19D,20D,21D,22D. The van der Waals surface area contributed by atoms with Crippen molar-refractivity contribution in [1.29, 1.82) is 0 Å². The molecule has 0 radical (unpaired) electrons. The minimum Gasteiger partial charge on any atom is -0.0622 e. The van der Waals surface area contributed by atoms with Crippen LogP contribution in [0.1, 0.15) is 63.7 Å². The fourth-order valence-corrected chi connectivity index (χ4v) is 12.3. The van der Waals surface area contributed by atoms with Gasteiger partial charge in [-0.15, -0.1) is 0 Å². The lowest BCUT2D eigenvalue weighted by Crippen LogP contribution is -2.14. The summed E-state index contributed by atoms with van der Waals surface area (Å²) in [5, 5.41) is 5.67. The predicted molar refractivity (Wildman–Crippen MR) is 298 cm³/mol. The maximum atomic E-state index is 9.24. The first-order valence-corrected chi connectivity index (χ1v) is 24.0. The van der Waals surface area contributed by atoms with Crippen LogP contribution >= 0.6 is 0 Å². The lowest BCUT2D eigenvalue weighted by molar-refractivity contribution is 0.660. The molecule has 12 aromatic rings. The topological polar surface area (TPSA) is 0 Å². The first-order valence-electron chi connectivity index (χ1n) is 29.0. The quantitative estimate of drug-likeness (QED) is 0.146. The van der Waals surface area contributed by atoms with Crippen molar-refractivity contribution < 1.29 is 13.7 Å². The molecule has 0 unspecified atom stereocenters. The Morgan fingerprint density at radius 2 is 0.586 bits per heavy atom. The molecule has 330 valence electrons. The summed E-state index contributed by atoms with van der Waals surface area (Å²) in [6, 6.07) is 55.3. The second-order valence-electron chi connectivity index (χ2n) is 20.0. The minimum atomic E-state index is -0.455. The zero-order valence-corrected chi connectivity index (χ0v) is 39.2. The van der Waals surface area contributed by atoms with E-state index in [1.54, 1.807) is 0 Å². The van der Waals surface area contributed by atoms with Gasteiger partial charge in [-0.25, -0.2) is 0 Å². The molecular formula is C70H50. The van der Waals surface area contributed by atoms with Gasteiger partial charge in [0.15, 0.2) is 0 Å². The molecule has 0 heteroatoms. The van der Waals surface area contributed by atoms with E-state index in [1.807, 2.05) is 48.5 Å². The summed E-state index contributed by atoms with van der Waals surface area (Å²) in [6.45, 7) is 9.08. The van der Waals surface area contributed by atoms with Crippen LogP contribution in [0.15, 0.2) is 230 Å². The number of hydrogen-bond acceptors (Lipinski definition) is 0. The molecule has 0 fully saturated rings. The van der Waals surface area contributed by atoms with Crippen molar-refractivity contribution in [3.8, 4) is 89.0 Å². The molecule has 70 heavy (non-hydrogen) atoms. The van der Waals surface area contributed by atoms with Crippen molar-refractivity contribution in [2.24, 2.45) is 0 Å². The number of hydrogen-bond donors (Lipinski definition) is 0. The average molecular weight is 901 g/mol. The summed E-state index contributed by atoms with van der Waals surface area (Å²) in [7, 11) is 0. The minimum absolute atomic E-state index is 0.116. The maximum absolute atomic E-state index is 9.24. The van der Waals surface area contributed by atoms with E-state index >= 15 is 0 Å². The van der Waals surface area contributed by atoms with Crippen LogP contribution in [0.2, 0.25) is 0 Å². The highest BCUT2D eigenvalue weighted by molar-refractivity contribution is 6.32. The Balaban J connectivity index is 1.14.